The molecule has 0 saturated heterocycles. The van der Waals surface area contributed by atoms with Gasteiger partial charge in [-0.15, -0.1) is 0 Å². The third-order valence-corrected chi connectivity index (χ3v) is 9.99. The van der Waals surface area contributed by atoms with Crippen LogP contribution in [0.25, 0.3) is 0 Å². The number of urea groups is 5. The van der Waals surface area contributed by atoms with E-state index in [0.717, 1.165) is 27.8 Å². The molecule has 0 aliphatic rings. The number of benzene rings is 5. The predicted octanol–water partition coefficient (Wildman–Crippen LogP) is 4.50. The van der Waals surface area contributed by atoms with Crippen molar-refractivity contribution in [1.82, 2.24) is 47.9 Å². The maximum atomic E-state index is 13.5. The average Bonchev–Trinajstić information content (AvgIpc) is 3.29. The van der Waals surface area contributed by atoms with Crippen molar-refractivity contribution in [3.8, 4) is 0 Å². The lowest BCUT2D eigenvalue weighted by Crippen LogP contribution is -2.55. The fourth-order valence-electron chi connectivity index (χ4n) is 6.89. The molecule has 63 heavy (non-hydrogen) atoms. The molecule has 0 fully saturated rings. The SMILES string of the molecule is NC(=O)NC[C@H](Cc1ccccc1)NC(=O)NC[C@H](Cc1ccccc1)NC(=O)NC[C@H](Cc1ccccc1)NC(=O)NC[C@H](Cc1ccccc1)NC(=O)NCc1ccccc1. The lowest BCUT2D eigenvalue weighted by Gasteiger charge is -2.24. The van der Waals surface area contributed by atoms with Crippen molar-refractivity contribution in [1.29, 1.82) is 0 Å². The van der Waals surface area contributed by atoms with Gasteiger partial charge in [-0.2, -0.15) is 0 Å². The molecule has 4 atom stereocenters. The topological polar surface area (TPSA) is 220 Å². The first kappa shape index (κ1) is 46.5. The molecule has 5 aromatic rings. The smallest absolute Gasteiger partial charge is 0.315 e. The van der Waals surface area contributed by atoms with E-state index in [2.05, 4.69) is 47.9 Å². The van der Waals surface area contributed by atoms with Gasteiger partial charge in [0, 0.05) is 32.7 Å². The maximum Gasteiger partial charge on any atom is 0.315 e. The second kappa shape index (κ2) is 25.9. The molecular weight excluding hydrogens is 797 g/mol. The molecular formula is C48H58N10O5. The summed E-state index contributed by atoms with van der Waals surface area (Å²) in [6, 6.07) is 43.6. The second-order valence-electron chi connectivity index (χ2n) is 15.2. The summed E-state index contributed by atoms with van der Waals surface area (Å²) >= 11 is 0. The molecule has 0 aliphatic heterocycles. The largest absolute Gasteiger partial charge is 0.352 e. The number of hydrogen-bond donors (Lipinski definition) is 10. The van der Waals surface area contributed by atoms with Crippen LogP contribution >= 0.6 is 0 Å². The Morgan fingerprint density at radius 3 is 0.841 bits per heavy atom. The minimum Gasteiger partial charge on any atom is -0.352 e. The van der Waals surface area contributed by atoms with E-state index in [0.29, 0.717) is 32.2 Å². The fraction of sp³-hybridized carbons (Fsp3) is 0.271. The van der Waals surface area contributed by atoms with Crippen molar-refractivity contribution in [2.24, 2.45) is 5.73 Å². The first-order valence-electron chi connectivity index (χ1n) is 21.1. The first-order valence-corrected chi connectivity index (χ1v) is 21.1. The van der Waals surface area contributed by atoms with Gasteiger partial charge in [0.1, 0.15) is 0 Å². The Bertz CT molecular complexity index is 2130. The van der Waals surface area contributed by atoms with E-state index in [9.17, 15) is 24.0 Å². The van der Waals surface area contributed by atoms with E-state index >= 15 is 0 Å². The molecule has 0 unspecified atom stereocenters. The van der Waals surface area contributed by atoms with Crippen molar-refractivity contribution >= 4 is 30.2 Å². The van der Waals surface area contributed by atoms with Crippen molar-refractivity contribution in [2.75, 3.05) is 26.2 Å². The standard InChI is InChI=1S/C48H58N10O5/c49-44(59)50-31-40(26-35-16-6-1-7-17-35)55-46(61)52-33-42(28-37-20-10-3-11-21-37)57-48(63)54-34-43(29-38-22-12-4-13-23-38)58-47(62)53-32-41(27-36-18-8-2-9-19-36)56-45(60)51-30-39-24-14-5-15-25-39/h1-25,40-43H,26-34H2,(H3,49,50,59)(H2,51,56,60)(H2,52,55,61)(H2,53,58,62)(H2,54,57,63)/t40-,41-,42-,43-/m0/s1. The Hall–Kier alpha value is -7.55. The van der Waals surface area contributed by atoms with Crippen molar-refractivity contribution in [3.63, 3.8) is 0 Å². The summed E-state index contributed by atoms with van der Waals surface area (Å²) in [4.78, 5) is 64.6. The lowest BCUT2D eigenvalue weighted by molar-refractivity contribution is 0.225. The highest BCUT2D eigenvalue weighted by Crippen LogP contribution is 2.07. The molecule has 11 N–H and O–H groups in total. The molecule has 0 radical (unpaired) electrons. The van der Waals surface area contributed by atoms with Crippen LogP contribution in [0.5, 0.6) is 0 Å². The highest BCUT2D eigenvalue weighted by Gasteiger charge is 2.21. The number of carbonyl (C=O) groups is 5. The van der Waals surface area contributed by atoms with Crippen LogP contribution in [0.1, 0.15) is 27.8 Å². The third-order valence-electron chi connectivity index (χ3n) is 9.99. The van der Waals surface area contributed by atoms with Gasteiger partial charge in [0.25, 0.3) is 0 Å². The Labute approximate surface area is 368 Å². The van der Waals surface area contributed by atoms with Crippen molar-refractivity contribution in [2.45, 2.75) is 56.4 Å². The minimum absolute atomic E-state index is 0.0851. The Morgan fingerprint density at radius 2 is 0.571 bits per heavy atom. The van der Waals surface area contributed by atoms with Crippen molar-refractivity contribution in [3.05, 3.63) is 179 Å². The summed E-state index contributed by atoms with van der Waals surface area (Å²) in [6.07, 6.45) is 1.78. The van der Waals surface area contributed by atoms with E-state index in [4.69, 9.17) is 5.73 Å². The molecule has 0 spiro atoms. The van der Waals surface area contributed by atoms with Gasteiger partial charge < -0.3 is 53.6 Å². The summed E-state index contributed by atoms with van der Waals surface area (Å²) in [6.45, 7) is 0.793. The molecule has 5 aromatic carbocycles. The number of carbonyl (C=O) groups excluding carboxylic acids is 5. The van der Waals surface area contributed by atoms with Gasteiger partial charge in [0.2, 0.25) is 0 Å². The van der Waals surface area contributed by atoms with Gasteiger partial charge >= 0.3 is 30.2 Å². The first-order chi connectivity index (χ1) is 30.7. The Morgan fingerprint density at radius 1 is 0.333 bits per heavy atom. The van der Waals surface area contributed by atoms with Crippen LogP contribution in [0.2, 0.25) is 0 Å². The summed E-state index contributed by atoms with van der Waals surface area (Å²) in [7, 11) is 0. The van der Waals surface area contributed by atoms with Gasteiger partial charge in [0.05, 0.1) is 24.2 Å². The number of amides is 10. The summed E-state index contributed by atoms with van der Waals surface area (Å²) < 4.78 is 0. The molecule has 15 nitrogen and oxygen atoms in total. The van der Waals surface area contributed by atoms with Crippen LogP contribution < -0.4 is 53.6 Å². The van der Waals surface area contributed by atoms with E-state index in [1.165, 1.54) is 0 Å². The normalized spacial score (nSPS) is 12.5. The molecule has 0 heterocycles. The van der Waals surface area contributed by atoms with Crippen LogP contribution in [-0.4, -0.2) is 80.5 Å². The molecule has 5 rings (SSSR count). The predicted molar refractivity (Wildman–Crippen MR) is 245 cm³/mol. The van der Waals surface area contributed by atoms with E-state index in [1.807, 2.05) is 152 Å². The van der Waals surface area contributed by atoms with Gasteiger partial charge in [-0.25, -0.2) is 24.0 Å². The molecule has 10 amide bonds. The molecule has 15 heteroatoms. The zero-order valence-corrected chi connectivity index (χ0v) is 35.2. The van der Waals surface area contributed by atoms with E-state index in [1.54, 1.807) is 0 Å². The Kier molecular flexibility index (Phi) is 19.1. The maximum absolute atomic E-state index is 13.5. The highest BCUT2D eigenvalue weighted by molar-refractivity contribution is 5.77. The molecule has 330 valence electrons. The van der Waals surface area contributed by atoms with Crippen LogP contribution in [-0.2, 0) is 32.2 Å². The molecule has 0 saturated carbocycles. The summed E-state index contributed by atoms with van der Waals surface area (Å²) in [5.41, 5.74) is 10.1. The zero-order chi connectivity index (χ0) is 44.5. The van der Waals surface area contributed by atoms with Gasteiger partial charge in [-0.3, -0.25) is 0 Å². The van der Waals surface area contributed by atoms with E-state index in [-0.39, 0.29) is 32.2 Å². The highest BCUT2D eigenvalue weighted by atomic mass is 16.2. The van der Waals surface area contributed by atoms with Crippen LogP contribution in [0.3, 0.4) is 0 Å². The zero-order valence-electron chi connectivity index (χ0n) is 35.2. The van der Waals surface area contributed by atoms with Crippen LogP contribution in [0, 0.1) is 0 Å². The summed E-state index contributed by atoms with van der Waals surface area (Å²) in [5, 5.41) is 26.1. The van der Waals surface area contributed by atoms with Crippen LogP contribution in [0.15, 0.2) is 152 Å². The fourth-order valence-corrected chi connectivity index (χ4v) is 6.89. The lowest BCUT2D eigenvalue weighted by atomic mass is 10.1. The molecule has 0 aliphatic carbocycles. The Balaban J connectivity index is 1.18. The van der Waals surface area contributed by atoms with Crippen molar-refractivity contribution < 1.29 is 24.0 Å². The van der Waals surface area contributed by atoms with Gasteiger partial charge in [0.15, 0.2) is 0 Å². The molecule has 0 aromatic heterocycles. The third kappa shape index (κ3) is 18.7. The number of hydrogen-bond acceptors (Lipinski definition) is 5. The van der Waals surface area contributed by atoms with Crippen LogP contribution in [0.4, 0.5) is 24.0 Å². The van der Waals surface area contributed by atoms with Gasteiger partial charge in [-0.05, 0) is 53.5 Å². The quantitative estimate of drug-likeness (QED) is 0.0485. The number of rotatable bonds is 22. The van der Waals surface area contributed by atoms with Gasteiger partial charge in [-0.1, -0.05) is 152 Å². The van der Waals surface area contributed by atoms with E-state index < -0.39 is 48.3 Å². The summed E-state index contributed by atoms with van der Waals surface area (Å²) in [5.74, 6) is 0. The number of nitrogens with one attached hydrogen (secondary N) is 9. The average molecular weight is 855 g/mol. The number of primary amides is 1. The minimum atomic E-state index is -0.698. The monoisotopic (exact) mass is 854 g/mol. The number of nitrogens with two attached hydrogens (primary N) is 1. The second-order valence-corrected chi connectivity index (χ2v) is 15.2. The molecule has 0 bridgehead atoms.